The number of benzene rings is 2. The molecule has 0 unspecified atom stereocenters. The zero-order valence-corrected chi connectivity index (χ0v) is 16.3. The van der Waals surface area contributed by atoms with Crippen molar-refractivity contribution in [1.82, 2.24) is 14.5 Å². The lowest BCUT2D eigenvalue weighted by atomic mass is 10.1. The van der Waals surface area contributed by atoms with E-state index < -0.39 is 0 Å². The Morgan fingerprint density at radius 2 is 1.79 bits per heavy atom. The van der Waals surface area contributed by atoms with E-state index in [4.69, 9.17) is 23.2 Å². The lowest BCUT2D eigenvalue weighted by Crippen LogP contribution is -2.21. The van der Waals surface area contributed by atoms with Gasteiger partial charge in [0.15, 0.2) is 0 Å². The number of fused-ring (bicyclic) bond motifs is 1. The first kappa shape index (κ1) is 18.5. The summed E-state index contributed by atoms with van der Waals surface area (Å²) < 4.78 is 1.65. The summed E-state index contributed by atoms with van der Waals surface area (Å²) in [4.78, 5) is 21.4. The minimum Gasteiger partial charge on any atom is -0.324 e. The van der Waals surface area contributed by atoms with Crippen molar-refractivity contribution in [3.8, 4) is 0 Å². The van der Waals surface area contributed by atoms with Crippen molar-refractivity contribution in [3.05, 3.63) is 92.8 Å². The molecule has 4 rings (SSSR count). The highest BCUT2D eigenvalue weighted by molar-refractivity contribution is 6.42. The predicted molar refractivity (Wildman–Crippen MR) is 114 cm³/mol. The van der Waals surface area contributed by atoms with Crippen molar-refractivity contribution in [2.24, 2.45) is 0 Å². The monoisotopic (exact) mass is 410 g/mol. The Morgan fingerprint density at radius 3 is 2.57 bits per heavy atom. The van der Waals surface area contributed by atoms with Crippen LogP contribution in [0.3, 0.4) is 0 Å². The van der Waals surface area contributed by atoms with Crippen LogP contribution in [0.5, 0.6) is 0 Å². The molecule has 1 N–H and O–H groups in total. The van der Waals surface area contributed by atoms with Gasteiger partial charge in [0.05, 0.1) is 10.0 Å². The zero-order valence-electron chi connectivity index (χ0n) is 14.8. The molecule has 0 saturated carbocycles. The number of aromatic nitrogens is 3. The van der Waals surface area contributed by atoms with Gasteiger partial charge in [0.25, 0.3) is 5.56 Å². The molecule has 2 heterocycles. The molecule has 0 radical (unpaired) electrons. The average Bonchev–Trinajstić information content (AvgIpc) is 2.70. The number of para-hydroxylation sites is 1. The van der Waals surface area contributed by atoms with Crippen molar-refractivity contribution < 1.29 is 0 Å². The third-order valence-electron chi connectivity index (χ3n) is 4.36. The number of nitrogens with zero attached hydrogens (tertiary/aromatic N) is 3. The van der Waals surface area contributed by atoms with Gasteiger partial charge in [-0.15, -0.1) is 0 Å². The topological polar surface area (TPSA) is 59.8 Å². The van der Waals surface area contributed by atoms with Crippen LogP contribution in [0.15, 0.2) is 71.7 Å². The molecule has 0 fully saturated rings. The van der Waals surface area contributed by atoms with Crippen LogP contribution in [-0.2, 0) is 13.0 Å². The SMILES string of the molecule is O=c1ccc2cnc(Nc3ccccc3)nc2n1CCc1ccc(Cl)c(Cl)c1. The molecule has 140 valence electrons. The van der Waals surface area contributed by atoms with Gasteiger partial charge in [-0.25, -0.2) is 4.98 Å². The highest BCUT2D eigenvalue weighted by Gasteiger charge is 2.08. The second kappa shape index (κ2) is 8.00. The van der Waals surface area contributed by atoms with Crippen molar-refractivity contribution >= 4 is 45.9 Å². The second-order valence-electron chi connectivity index (χ2n) is 6.29. The smallest absolute Gasteiger partial charge is 0.252 e. The van der Waals surface area contributed by atoms with Gasteiger partial charge in [-0.2, -0.15) is 4.98 Å². The van der Waals surface area contributed by atoms with Gasteiger partial charge < -0.3 is 5.32 Å². The van der Waals surface area contributed by atoms with E-state index in [0.29, 0.717) is 34.6 Å². The van der Waals surface area contributed by atoms with Gasteiger partial charge in [-0.1, -0.05) is 47.5 Å². The number of hydrogen-bond donors (Lipinski definition) is 1. The fraction of sp³-hybridized carbons (Fsp3) is 0.0952. The van der Waals surface area contributed by atoms with E-state index in [1.54, 1.807) is 22.9 Å². The minimum atomic E-state index is -0.114. The first-order valence-corrected chi connectivity index (χ1v) is 9.48. The number of pyridine rings is 1. The van der Waals surface area contributed by atoms with Crippen molar-refractivity contribution in [2.45, 2.75) is 13.0 Å². The van der Waals surface area contributed by atoms with Crippen molar-refractivity contribution in [1.29, 1.82) is 0 Å². The average molecular weight is 411 g/mol. The van der Waals surface area contributed by atoms with Crippen LogP contribution in [0.25, 0.3) is 11.0 Å². The van der Waals surface area contributed by atoms with Crippen LogP contribution in [0.4, 0.5) is 11.6 Å². The van der Waals surface area contributed by atoms with Gasteiger partial charge in [0.2, 0.25) is 5.95 Å². The molecular formula is C21H16Cl2N4O. The molecule has 7 heteroatoms. The van der Waals surface area contributed by atoms with Gasteiger partial charge in [0, 0.05) is 29.9 Å². The third-order valence-corrected chi connectivity index (χ3v) is 5.10. The molecule has 28 heavy (non-hydrogen) atoms. The first-order chi connectivity index (χ1) is 13.6. The Kier molecular flexibility index (Phi) is 5.28. The fourth-order valence-corrected chi connectivity index (χ4v) is 3.25. The second-order valence-corrected chi connectivity index (χ2v) is 7.10. The third kappa shape index (κ3) is 4.01. The summed E-state index contributed by atoms with van der Waals surface area (Å²) in [5.41, 5.74) is 2.34. The predicted octanol–water partition coefficient (Wildman–Crippen LogP) is 5.08. The number of rotatable bonds is 5. The summed E-state index contributed by atoms with van der Waals surface area (Å²) in [7, 11) is 0. The summed E-state index contributed by atoms with van der Waals surface area (Å²) in [6.45, 7) is 0.468. The molecule has 0 amide bonds. The lowest BCUT2D eigenvalue weighted by Gasteiger charge is -2.11. The standard InChI is InChI=1S/C21H16Cl2N4O/c22-17-8-6-14(12-18(17)23)10-11-27-19(28)9-7-15-13-24-21(26-20(15)27)25-16-4-2-1-3-5-16/h1-9,12-13H,10-11H2,(H,24,25,26). The Balaban J connectivity index is 1.66. The molecule has 0 aliphatic rings. The van der Waals surface area contributed by atoms with Crippen LogP contribution in [-0.4, -0.2) is 14.5 Å². The summed E-state index contributed by atoms with van der Waals surface area (Å²) in [5.74, 6) is 0.438. The number of halogens is 2. The molecule has 0 saturated heterocycles. The molecule has 0 aliphatic heterocycles. The summed E-state index contributed by atoms with van der Waals surface area (Å²) in [6, 6.07) is 18.4. The first-order valence-electron chi connectivity index (χ1n) is 8.73. The van der Waals surface area contributed by atoms with Crippen LogP contribution in [0, 0.1) is 0 Å². The van der Waals surface area contributed by atoms with Gasteiger partial charge in [0.1, 0.15) is 5.65 Å². The molecule has 0 atom stereocenters. The highest BCUT2D eigenvalue weighted by Crippen LogP contribution is 2.23. The maximum Gasteiger partial charge on any atom is 0.252 e. The number of aryl methyl sites for hydroxylation is 2. The summed E-state index contributed by atoms with van der Waals surface area (Å²) in [6.07, 6.45) is 2.34. The van der Waals surface area contributed by atoms with Crippen LogP contribution < -0.4 is 10.9 Å². The van der Waals surface area contributed by atoms with E-state index in [-0.39, 0.29) is 5.56 Å². The maximum absolute atomic E-state index is 12.5. The maximum atomic E-state index is 12.5. The Bertz CT molecular complexity index is 1190. The van der Waals surface area contributed by atoms with E-state index >= 15 is 0 Å². The lowest BCUT2D eigenvalue weighted by molar-refractivity contribution is 0.688. The summed E-state index contributed by atoms with van der Waals surface area (Å²) in [5, 5.41) is 4.97. The Morgan fingerprint density at radius 1 is 0.964 bits per heavy atom. The molecule has 0 aliphatic carbocycles. The summed E-state index contributed by atoms with van der Waals surface area (Å²) >= 11 is 12.1. The van der Waals surface area contributed by atoms with Crippen LogP contribution in [0.1, 0.15) is 5.56 Å². The zero-order chi connectivity index (χ0) is 19.5. The molecule has 2 aromatic heterocycles. The molecular weight excluding hydrogens is 395 g/mol. The largest absolute Gasteiger partial charge is 0.324 e. The van der Waals surface area contributed by atoms with E-state index in [1.165, 1.54) is 6.07 Å². The van der Waals surface area contributed by atoms with E-state index in [1.807, 2.05) is 42.5 Å². The fourth-order valence-electron chi connectivity index (χ4n) is 2.93. The van der Waals surface area contributed by atoms with Crippen LogP contribution in [0.2, 0.25) is 10.0 Å². The quantitative estimate of drug-likeness (QED) is 0.497. The van der Waals surface area contributed by atoms with Crippen molar-refractivity contribution in [3.63, 3.8) is 0 Å². The molecule has 5 nitrogen and oxygen atoms in total. The van der Waals surface area contributed by atoms with E-state index in [0.717, 1.165) is 16.6 Å². The van der Waals surface area contributed by atoms with E-state index in [9.17, 15) is 4.79 Å². The molecule has 0 spiro atoms. The van der Waals surface area contributed by atoms with Crippen LogP contribution >= 0.6 is 23.2 Å². The Hall–Kier alpha value is -2.89. The van der Waals surface area contributed by atoms with Gasteiger partial charge in [-0.05, 0) is 42.3 Å². The Labute approximate surface area is 171 Å². The molecule has 2 aromatic carbocycles. The number of anilines is 2. The van der Waals surface area contributed by atoms with Gasteiger partial charge >= 0.3 is 0 Å². The van der Waals surface area contributed by atoms with E-state index in [2.05, 4.69) is 15.3 Å². The minimum absolute atomic E-state index is 0.114. The van der Waals surface area contributed by atoms with Gasteiger partial charge in [-0.3, -0.25) is 9.36 Å². The van der Waals surface area contributed by atoms with Crippen molar-refractivity contribution in [2.75, 3.05) is 5.32 Å². The number of hydrogen-bond acceptors (Lipinski definition) is 4. The normalized spacial score (nSPS) is 10.9. The highest BCUT2D eigenvalue weighted by atomic mass is 35.5. The number of nitrogens with one attached hydrogen (secondary N) is 1. The molecule has 4 aromatic rings. The molecule has 0 bridgehead atoms.